The van der Waals surface area contributed by atoms with Gasteiger partial charge < -0.3 is 31.3 Å². The molecule has 34 heavy (non-hydrogen) atoms. The van der Waals surface area contributed by atoms with Crippen molar-refractivity contribution < 1.29 is 24.3 Å². The van der Waals surface area contributed by atoms with Crippen molar-refractivity contribution >= 4 is 23.8 Å². The summed E-state index contributed by atoms with van der Waals surface area (Å²) in [5.41, 5.74) is -1.05. The Morgan fingerprint density at radius 1 is 1.03 bits per heavy atom. The molecule has 3 fully saturated rings. The van der Waals surface area contributed by atoms with Crippen LogP contribution in [0.5, 0.6) is 0 Å². The van der Waals surface area contributed by atoms with Crippen molar-refractivity contribution in [2.75, 3.05) is 19.6 Å². The summed E-state index contributed by atoms with van der Waals surface area (Å²) in [6.07, 6.45) is 6.23. The van der Waals surface area contributed by atoms with E-state index in [9.17, 15) is 24.3 Å². The molecule has 0 aromatic carbocycles. The first-order valence-corrected chi connectivity index (χ1v) is 12.9. The predicted octanol–water partition coefficient (Wildman–Crippen LogP) is 0.781. The summed E-state index contributed by atoms with van der Waals surface area (Å²) in [6.45, 7) is 5.58. The first-order valence-electron chi connectivity index (χ1n) is 12.9. The molecule has 5 N–H and O–H groups in total. The van der Waals surface area contributed by atoms with Crippen LogP contribution in [0.25, 0.3) is 0 Å². The minimum absolute atomic E-state index is 0.228. The van der Waals surface area contributed by atoms with Crippen molar-refractivity contribution in [1.82, 2.24) is 26.2 Å². The topological polar surface area (TPSA) is 140 Å². The Morgan fingerprint density at radius 2 is 1.71 bits per heavy atom. The first kappa shape index (κ1) is 26.2. The molecule has 0 spiro atoms. The number of amides is 5. The highest BCUT2D eigenvalue weighted by Crippen LogP contribution is 2.30. The molecule has 1 aliphatic carbocycles. The highest BCUT2D eigenvalue weighted by atomic mass is 16.3. The third-order valence-electron chi connectivity index (χ3n) is 7.36. The summed E-state index contributed by atoms with van der Waals surface area (Å²) < 4.78 is 0. The molecule has 3 atom stereocenters. The highest BCUT2D eigenvalue weighted by molar-refractivity contribution is 5.93. The van der Waals surface area contributed by atoms with Crippen LogP contribution in [-0.4, -0.2) is 77.1 Å². The van der Waals surface area contributed by atoms with Gasteiger partial charge in [0.15, 0.2) is 6.10 Å². The van der Waals surface area contributed by atoms with E-state index in [1.807, 2.05) is 13.8 Å². The van der Waals surface area contributed by atoms with Gasteiger partial charge >= 0.3 is 6.03 Å². The van der Waals surface area contributed by atoms with E-state index in [4.69, 9.17) is 0 Å². The van der Waals surface area contributed by atoms with Crippen LogP contribution in [0, 0.1) is 5.92 Å². The minimum Gasteiger partial charge on any atom is -0.381 e. The number of aliphatic hydroxyl groups is 1. The largest absolute Gasteiger partial charge is 0.381 e. The van der Waals surface area contributed by atoms with Crippen molar-refractivity contribution in [1.29, 1.82) is 0 Å². The lowest BCUT2D eigenvalue weighted by molar-refractivity contribution is -0.138. The van der Waals surface area contributed by atoms with Crippen LogP contribution >= 0.6 is 0 Å². The average molecular weight is 480 g/mol. The number of carbonyl (C=O) groups is 4. The summed E-state index contributed by atoms with van der Waals surface area (Å²) in [6, 6.07) is -1.78. The summed E-state index contributed by atoms with van der Waals surface area (Å²) in [5.74, 6) is -1.55. The number of urea groups is 1. The molecule has 5 amide bonds. The van der Waals surface area contributed by atoms with Crippen LogP contribution in [0.2, 0.25) is 0 Å². The van der Waals surface area contributed by atoms with Gasteiger partial charge in [-0.1, -0.05) is 33.1 Å². The highest BCUT2D eigenvalue weighted by Gasteiger charge is 2.44. The van der Waals surface area contributed by atoms with Gasteiger partial charge in [0.2, 0.25) is 11.8 Å². The maximum absolute atomic E-state index is 13.5. The molecular formula is C24H41N5O5. The van der Waals surface area contributed by atoms with Gasteiger partial charge in [-0.3, -0.25) is 14.4 Å². The Kier molecular flexibility index (Phi) is 9.16. The van der Waals surface area contributed by atoms with Gasteiger partial charge in [0.05, 0.1) is 6.04 Å². The van der Waals surface area contributed by atoms with Crippen LogP contribution < -0.4 is 21.3 Å². The van der Waals surface area contributed by atoms with Gasteiger partial charge in [-0.2, -0.15) is 0 Å². The molecule has 3 rings (SSSR count). The third kappa shape index (κ3) is 6.40. The monoisotopic (exact) mass is 479 g/mol. The fourth-order valence-corrected chi connectivity index (χ4v) is 5.17. The van der Waals surface area contributed by atoms with Crippen LogP contribution in [-0.2, 0) is 14.4 Å². The molecule has 2 saturated heterocycles. The fourth-order valence-electron chi connectivity index (χ4n) is 5.17. The van der Waals surface area contributed by atoms with Gasteiger partial charge in [0.25, 0.3) is 5.91 Å². The predicted molar refractivity (Wildman–Crippen MR) is 127 cm³/mol. The van der Waals surface area contributed by atoms with Crippen molar-refractivity contribution in [2.45, 2.75) is 102 Å². The maximum Gasteiger partial charge on any atom is 0.318 e. The number of rotatable bonds is 7. The lowest BCUT2D eigenvalue weighted by atomic mass is 9.80. The van der Waals surface area contributed by atoms with Gasteiger partial charge in [0.1, 0.15) is 11.6 Å². The molecule has 3 aliphatic rings. The number of nitrogens with one attached hydrogen (secondary N) is 4. The van der Waals surface area contributed by atoms with Crippen molar-refractivity contribution in [3.63, 3.8) is 0 Å². The standard InChI is InChI=1S/C24H41N5O5/c1-16(2)18(19(30)21(32)26-17-10-4-7-13-25-20(17)31)27-22(33)24(11-5-3-6-12-24)28-23(34)29-14-8-9-15-29/h16-19,30H,3-15H2,1-2H3,(H,25,31)(H,26,32)(H,27,33)(H,28,34)/t17-,18?,19?/m0/s1. The molecule has 2 unspecified atom stereocenters. The summed E-state index contributed by atoms with van der Waals surface area (Å²) in [5, 5.41) is 22.2. The van der Waals surface area contributed by atoms with Gasteiger partial charge in [-0.05, 0) is 50.9 Å². The summed E-state index contributed by atoms with van der Waals surface area (Å²) >= 11 is 0. The molecule has 0 aromatic heterocycles. The van der Waals surface area contributed by atoms with Crippen LogP contribution in [0.1, 0.15) is 78.1 Å². The molecule has 10 nitrogen and oxygen atoms in total. The van der Waals surface area contributed by atoms with Crippen molar-refractivity contribution in [3.05, 3.63) is 0 Å². The third-order valence-corrected chi connectivity index (χ3v) is 7.36. The molecule has 2 heterocycles. The van der Waals surface area contributed by atoms with E-state index in [-0.39, 0.29) is 23.8 Å². The minimum atomic E-state index is -1.52. The zero-order valence-electron chi connectivity index (χ0n) is 20.5. The van der Waals surface area contributed by atoms with E-state index in [1.165, 1.54) is 0 Å². The zero-order valence-corrected chi connectivity index (χ0v) is 20.5. The van der Waals surface area contributed by atoms with E-state index in [2.05, 4.69) is 21.3 Å². The van der Waals surface area contributed by atoms with Crippen molar-refractivity contribution in [2.24, 2.45) is 5.92 Å². The maximum atomic E-state index is 13.5. The van der Waals surface area contributed by atoms with E-state index in [0.29, 0.717) is 38.9 Å². The Hall–Kier alpha value is -2.36. The number of aliphatic hydroxyl groups excluding tert-OH is 1. The van der Waals surface area contributed by atoms with E-state index >= 15 is 0 Å². The Balaban J connectivity index is 1.68. The molecule has 1 saturated carbocycles. The Morgan fingerprint density at radius 3 is 2.35 bits per heavy atom. The van der Waals surface area contributed by atoms with Crippen LogP contribution in [0.15, 0.2) is 0 Å². The SMILES string of the molecule is CC(C)C(NC(=O)C1(NC(=O)N2CCCC2)CCCCC1)C(O)C(=O)N[C@H]1CCCCNC1=O. The lowest BCUT2D eigenvalue weighted by Crippen LogP contribution is -2.65. The Bertz CT molecular complexity index is 746. The van der Waals surface area contributed by atoms with Gasteiger partial charge in [0, 0.05) is 19.6 Å². The first-order chi connectivity index (χ1) is 16.2. The second-order valence-corrected chi connectivity index (χ2v) is 10.3. The number of hydrogen-bond donors (Lipinski definition) is 5. The molecule has 0 aromatic rings. The summed E-state index contributed by atoms with van der Waals surface area (Å²) in [7, 11) is 0. The molecular weight excluding hydrogens is 438 g/mol. The fraction of sp³-hybridized carbons (Fsp3) is 0.833. The second kappa shape index (κ2) is 11.9. The van der Waals surface area contributed by atoms with Crippen LogP contribution in [0.4, 0.5) is 4.79 Å². The smallest absolute Gasteiger partial charge is 0.318 e. The normalized spacial score (nSPS) is 24.5. The molecule has 0 bridgehead atoms. The van der Waals surface area contributed by atoms with Crippen molar-refractivity contribution in [3.8, 4) is 0 Å². The number of carbonyl (C=O) groups excluding carboxylic acids is 4. The lowest BCUT2D eigenvalue weighted by Gasteiger charge is -2.39. The van der Waals surface area contributed by atoms with Crippen LogP contribution in [0.3, 0.4) is 0 Å². The Labute approximate surface area is 202 Å². The quantitative estimate of drug-likeness (QED) is 0.367. The molecule has 0 radical (unpaired) electrons. The molecule has 2 aliphatic heterocycles. The zero-order chi connectivity index (χ0) is 24.7. The number of likely N-dealkylation sites (tertiary alicyclic amines) is 1. The van der Waals surface area contributed by atoms with E-state index in [1.54, 1.807) is 4.90 Å². The second-order valence-electron chi connectivity index (χ2n) is 10.3. The van der Waals surface area contributed by atoms with E-state index in [0.717, 1.165) is 44.9 Å². The number of nitrogens with zero attached hydrogens (tertiary/aromatic N) is 1. The summed E-state index contributed by atoms with van der Waals surface area (Å²) in [4.78, 5) is 53.2. The van der Waals surface area contributed by atoms with Gasteiger partial charge in [-0.25, -0.2) is 4.79 Å². The average Bonchev–Trinajstić information content (AvgIpc) is 3.29. The van der Waals surface area contributed by atoms with Gasteiger partial charge in [-0.15, -0.1) is 0 Å². The number of hydrogen-bond acceptors (Lipinski definition) is 5. The molecule has 10 heteroatoms. The molecule has 192 valence electrons. The van der Waals surface area contributed by atoms with E-state index < -0.39 is 29.6 Å².